The molecule has 1 amide bonds. The maximum atomic E-state index is 11.5. The maximum absolute atomic E-state index is 11.5. The standard InChI is InChI=1S/C14H10BrN3O2S/c15-11-5-13(21-9-11)7-17-18-14(19)8-20-12-3-1-10(6-16)2-4-12/h1-5,7,9H,8H2,(H,18,19)/b17-7+. The second kappa shape index (κ2) is 7.57. The highest BCUT2D eigenvalue weighted by Gasteiger charge is 2.01. The summed E-state index contributed by atoms with van der Waals surface area (Å²) in [5.74, 6) is 0.168. The minimum absolute atomic E-state index is 0.141. The zero-order valence-electron chi connectivity index (χ0n) is 10.7. The lowest BCUT2D eigenvalue weighted by atomic mass is 10.2. The third kappa shape index (κ3) is 5.02. The first-order chi connectivity index (χ1) is 10.2. The predicted octanol–water partition coefficient (Wildman–Crippen LogP) is 2.91. The summed E-state index contributed by atoms with van der Waals surface area (Å²) in [4.78, 5) is 12.5. The quantitative estimate of drug-likeness (QED) is 0.655. The first kappa shape index (κ1) is 15.2. The topological polar surface area (TPSA) is 74.5 Å². The van der Waals surface area contributed by atoms with Crippen LogP contribution in [0.25, 0.3) is 0 Å². The number of halogens is 1. The van der Waals surface area contributed by atoms with E-state index in [9.17, 15) is 4.79 Å². The number of amides is 1. The molecule has 21 heavy (non-hydrogen) atoms. The number of thiophene rings is 1. The van der Waals surface area contributed by atoms with Gasteiger partial charge in [-0.25, -0.2) is 5.43 Å². The van der Waals surface area contributed by atoms with Crippen molar-refractivity contribution < 1.29 is 9.53 Å². The molecule has 1 aromatic heterocycles. The Hall–Kier alpha value is -2.17. The Kier molecular flexibility index (Phi) is 5.49. The highest BCUT2D eigenvalue weighted by atomic mass is 79.9. The number of benzene rings is 1. The van der Waals surface area contributed by atoms with Crippen LogP contribution in [0.4, 0.5) is 0 Å². The Morgan fingerprint density at radius 3 is 2.86 bits per heavy atom. The van der Waals surface area contributed by atoms with Crippen molar-refractivity contribution in [3.63, 3.8) is 0 Å². The van der Waals surface area contributed by atoms with E-state index in [4.69, 9.17) is 10.00 Å². The van der Waals surface area contributed by atoms with E-state index in [1.807, 2.05) is 17.5 Å². The molecule has 1 heterocycles. The van der Waals surface area contributed by atoms with Crippen molar-refractivity contribution in [2.24, 2.45) is 5.10 Å². The molecule has 0 spiro atoms. The third-order valence-corrected chi connectivity index (χ3v) is 3.95. The third-order valence-electron chi connectivity index (χ3n) is 2.32. The summed E-state index contributed by atoms with van der Waals surface area (Å²) in [5.41, 5.74) is 2.92. The molecule has 0 fully saturated rings. The van der Waals surface area contributed by atoms with Crippen LogP contribution in [0.15, 0.2) is 45.3 Å². The normalized spacial score (nSPS) is 10.3. The Labute approximate surface area is 134 Å². The van der Waals surface area contributed by atoms with Gasteiger partial charge in [0.15, 0.2) is 6.61 Å². The molecule has 0 saturated carbocycles. The minimum atomic E-state index is -0.355. The van der Waals surface area contributed by atoms with E-state index in [1.54, 1.807) is 30.5 Å². The molecule has 7 heteroatoms. The van der Waals surface area contributed by atoms with Gasteiger partial charge in [0.05, 0.1) is 17.8 Å². The van der Waals surface area contributed by atoms with Gasteiger partial charge in [-0.2, -0.15) is 10.4 Å². The summed E-state index contributed by atoms with van der Waals surface area (Å²) in [6, 6.07) is 10.4. The summed E-state index contributed by atoms with van der Waals surface area (Å²) >= 11 is 4.85. The number of nitrogens with one attached hydrogen (secondary N) is 1. The van der Waals surface area contributed by atoms with Gasteiger partial charge < -0.3 is 4.74 Å². The van der Waals surface area contributed by atoms with E-state index in [0.717, 1.165) is 9.35 Å². The lowest BCUT2D eigenvalue weighted by molar-refractivity contribution is -0.123. The predicted molar refractivity (Wildman–Crippen MR) is 84.4 cm³/mol. The van der Waals surface area contributed by atoms with Crippen LogP contribution in [0.2, 0.25) is 0 Å². The number of ether oxygens (including phenoxy) is 1. The number of carbonyl (C=O) groups excluding carboxylic acids is 1. The molecule has 1 aromatic carbocycles. The molecule has 0 radical (unpaired) electrons. The van der Waals surface area contributed by atoms with Gasteiger partial charge in [-0.15, -0.1) is 11.3 Å². The number of nitriles is 1. The van der Waals surface area contributed by atoms with Crippen molar-refractivity contribution in [1.29, 1.82) is 5.26 Å². The molecule has 1 N–H and O–H groups in total. The van der Waals surface area contributed by atoms with Gasteiger partial charge in [0.25, 0.3) is 5.91 Å². The fourth-order valence-corrected chi connectivity index (χ4v) is 2.67. The summed E-state index contributed by atoms with van der Waals surface area (Å²) < 4.78 is 6.25. The molecule has 0 saturated heterocycles. The van der Waals surface area contributed by atoms with Crippen LogP contribution < -0.4 is 10.2 Å². The van der Waals surface area contributed by atoms with Crippen molar-refractivity contribution in [1.82, 2.24) is 5.43 Å². The Bertz CT molecular complexity index is 689. The lowest BCUT2D eigenvalue weighted by Crippen LogP contribution is -2.24. The highest BCUT2D eigenvalue weighted by Crippen LogP contribution is 2.17. The van der Waals surface area contributed by atoms with Crippen molar-refractivity contribution in [2.45, 2.75) is 0 Å². The summed E-state index contributed by atoms with van der Waals surface area (Å²) in [5, 5.41) is 14.4. The van der Waals surface area contributed by atoms with Gasteiger partial charge in [0.2, 0.25) is 0 Å². The highest BCUT2D eigenvalue weighted by molar-refractivity contribution is 9.10. The fourth-order valence-electron chi connectivity index (χ4n) is 1.37. The van der Waals surface area contributed by atoms with Crippen LogP contribution in [0.5, 0.6) is 5.75 Å². The largest absolute Gasteiger partial charge is 0.484 e. The fraction of sp³-hybridized carbons (Fsp3) is 0.0714. The molecule has 0 bridgehead atoms. The molecule has 0 atom stereocenters. The van der Waals surface area contributed by atoms with Gasteiger partial charge >= 0.3 is 0 Å². The molecular weight excluding hydrogens is 354 g/mol. The Morgan fingerprint density at radius 1 is 1.48 bits per heavy atom. The maximum Gasteiger partial charge on any atom is 0.277 e. The summed E-state index contributed by atoms with van der Waals surface area (Å²) in [6.07, 6.45) is 1.56. The second-order valence-corrected chi connectivity index (χ2v) is 5.74. The number of nitrogens with zero attached hydrogens (tertiary/aromatic N) is 2. The van der Waals surface area contributed by atoms with Crippen LogP contribution in [0.1, 0.15) is 10.4 Å². The molecule has 0 unspecified atom stereocenters. The van der Waals surface area contributed by atoms with Crippen molar-refractivity contribution in [3.05, 3.63) is 50.6 Å². The van der Waals surface area contributed by atoms with Crippen LogP contribution >= 0.6 is 27.3 Å². The van der Waals surface area contributed by atoms with Crippen LogP contribution in [0, 0.1) is 11.3 Å². The Balaban J connectivity index is 1.76. The van der Waals surface area contributed by atoms with E-state index in [0.29, 0.717) is 11.3 Å². The molecule has 2 rings (SSSR count). The van der Waals surface area contributed by atoms with Gasteiger partial charge in [0.1, 0.15) is 5.75 Å². The molecule has 106 valence electrons. The first-order valence-electron chi connectivity index (χ1n) is 5.86. The zero-order chi connectivity index (χ0) is 15.1. The van der Waals surface area contributed by atoms with Crippen LogP contribution in [-0.4, -0.2) is 18.7 Å². The lowest BCUT2D eigenvalue weighted by Gasteiger charge is -2.04. The van der Waals surface area contributed by atoms with E-state index < -0.39 is 0 Å². The first-order valence-corrected chi connectivity index (χ1v) is 7.53. The number of hydrazone groups is 1. The van der Waals surface area contributed by atoms with Crippen LogP contribution in [-0.2, 0) is 4.79 Å². The second-order valence-electron chi connectivity index (χ2n) is 3.89. The van der Waals surface area contributed by atoms with Crippen molar-refractivity contribution in [2.75, 3.05) is 6.61 Å². The number of hydrogen-bond acceptors (Lipinski definition) is 5. The van der Waals surface area contributed by atoms with Gasteiger partial charge in [0, 0.05) is 14.7 Å². The number of rotatable bonds is 5. The van der Waals surface area contributed by atoms with Crippen molar-refractivity contribution >= 4 is 39.4 Å². The number of carbonyl (C=O) groups is 1. The van der Waals surface area contributed by atoms with E-state index in [1.165, 1.54) is 11.3 Å². The Morgan fingerprint density at radius 2 is 2.24 bits per heavy atom. The van der Waals surface area contributed by atoms with Gasteiger partial charge in [-0.1, -0.05) is 0 Å². The zero-order valence-corrected chi connectivity index (χ0v) is 13.1. The average Bonchev–Trinajstić information content (AvgIpc) is 2.91. The molecule has 0 aliphatic carbocycles. The molecule has 0 aliphatic heterocycles. The van der Waals surface area contributed by atoms with Gasteiger partial charge in [-0.3, -0.25) is 4.79 Å². The number of hydrogen-bond donors (Lipinski definition) is 1. The summed E-state index contributed by atoms with van der Waals surface area (Å²) in [6.45, 7) is -0.141. The smallest absolute Gasteiger partial charge is 0.277 e. The average molecular weight is 364 g/mol. The van der Waals surface area contributed by atoms with Crippen molar-refractivity contribution in [3.8, 4) is 11.8 Å². The van der Waals surface area contributed by atoms with E-state index >= 15 is 0 Å². The summed E-state index contributed by atoms with van der Waals surface area (Å²) in [7, 11) is 0. The molecule has 0 aliphatic rings. The molecule has 2 aromatic rings. The van der Waals surface area contributed by atoms with E-state index in [2.05, 4.69) is 26.5 Å². The monoisotopic (exact) mass is 363 g/mol. The van der Waals surface area contributed by atoms with Crippen LogP contribution in [0.3, 0.4) is 0 Å². The molecular formula is C14H10BrN3O2S. The minimum Gasteiger partial charge on any atom is -0.484 e. The SMILES string of the molecule is N#Cc1ccc(OCC(=O)N/N=C/c2cc(Br)cs2)cc1. The van der Waals surface area contributed by atoms with Gasteiger partial charge in [-0.05, 0) is 46.3 Å². The molecule has 5 nitrogen and oxygen atoms in total. The van der Waals surface area contributed by atoms with E-state index in [-0.39, 0.29) is 12.5 Å².